The van der Waals surface area contributed by atoms with Crippen molar-refractivity contribution in [3.8, 4) is 0 Å². The molecule has 0 fully saturated rings. The lowest BCUT2D eigenvalue weighted by molar-refractivity contribution is -0.125. The summed E-state index contributed by atoms with van der Waals surface area (Å²) in [4.78, 5) is 29.7. The van der Waals surface area contributed by atoms with Gasteiger partial charge in [0.15, 0.2) is 10.2 Å². The van der Waals surface area contributed by atoms with E-state index in [0.29, 0.717) is 17.8 Å². The highest BCUT2D eigenvalue weighted by atomic mass is 32.1. The molecule has 0 amide bonds. The van der Waals surface area contributed by atoms with Gasteiger partial charge in [-0.2, -0.15) is 0 Å². The van der Waals surface area contributed by atoms with E-state index >= 15 is 0 Å². The van der Waals surface area contributed by atoms with Crippen molar-refractivity contribution in [1.82, 2.24) is 4.98 Å². The lowest BCUT2D eigenvalue weighted by Gasteiger charge is -2.34. The molecule has 0 aliphatic carbocycles. The molecule has 0 bridgehead atoms. The topological polar surface area (TPSA) is 47.0 Å². The maximum atomic E-state index is 12.7. The van der Waals surface area contributed by atoms with Crippen molar-refractivity contribution in [3.05, 3.63) is 28.8 Å². The van der Waals surface area contributed by atoms with Gasteiger partial charge in [-0.3, -0.25) is 9.59 Å². The first kappa shape index (κ1) is 19.5. The largest absolute Gasteiger partial charge is 0.287 e. The van der Waals surface area contributed by atoms with E-state index in [0.717, 1.165) is 28.6 Å². The van der Waals surface area contributed by atoms with Crippen molar-refractivity contribution in [1.29, 1.82) is 0 Å². The number of benzene rings is 1. The molecule has 1 aromatic carbocycles. The predicted octanol–water partition coefficient (Wildman–Crippen LogP) is 4.97. The van der Waals surface area contributed by atoms with Gasteiger partial charge >= 0.3 is 0 Å². The van der Waals surface area contributed by atoms with Crippen molar-refractivity contribution in [2.24, 2.45) is 5.92 Å². The van der Waals surface area contributed by atoms with Gasteiger partial charge in [-0.25, -0.2) is 4.98 Å². The van der Waals surface area contributed by atoms with Crippen LogP contribution in [-0.4, -0.2) is 15.2 Å². The highest BCUT2D eigenvalue weighted by molar-refractivity contribution is 7.97. The van der Waals surface area contributed by atoms with Crippen LogP contribution in [0.15, 0.2) is 18.2 Å². The van der Waals surface area contributed by atoms with Crippen molar-refractivity contribution >= 4 is 57.0 Å². The van der Waals surface area contributed by atoms with Crippen LogP contribution in [-0.2, 0) is 15.0 Å². The number of rotatable bonds is 8. The van der Waals surface area contributed by atoms with Gasteiger partial charge in [0, 0.05) is 5.92 Å². The van der Waals surface area contributed by atoms with Gasteiger partial charge in [0.25, 0.3) is 0 Å². The minimum atomic E-state index is -0.996. The second-order valence-electron chi connectivity index (χ2n) is 6.20. The summed E-state index contributed by atoms with van der Waals surface area (Å²) in [6.45, 7) is 6.03. The monoisotopic (exact) mass is 381 g/mol. The Kier molecular flexibility index (Phi) is 6.51. The molecule has 2 rings (SSSR count). The molecule has 0 radical (unpaired) electrons. The molecule has 1 heterocycles. The van der Waals surface area contributed by atoms with Crippen LogP contribution in [0.1, 0.15) is 50.1 Å². The summed E-state index contributed by atoms with van der Waals surface area (Å²) >= 11 is 9.77. The number of hydrogen-bond donors (Lipinski definition) is 2. The zero-order valence-electron chi connectivity index (χ0n) is 14.2. The summed E-state index contributed by atoms with van der Waals surface area (Å²) in [5, 5.41) is 0.134. The Balaban J connectivity index is 2.70. The average Bonchev–Trinajstić information content (AvgIpc) is 2.93. The molecule has 24 heavy (non-hydrogen) atoms. The third-order valence-electron chi connectivity index (χ3n) is 4.42. The maximum Gasteiger partial charge on any atom is 0.199 e. The summed E-state index contributed by atoms with van der Waals surface area (Å²) in [7, 11) is 0. The number of thiazole rings is 1. The van der Waals surface area contributed by atoms with E-state index in [1.807, 2.05) is 39.0 Å². The summed E-state index contributed by atoms with van der Waals surface area (Å²) in [6, 6.07) is 6.05. The van der Waals surface area contributed by atoms with Crippen LogP contribution in [0.5, 0.6) is 0 Å². The highest BCUT2D eigenvalue weighted by Crippen LogP contribution is 2.45. The number of aryl methyl sites for hydroxylation is 1. The van der Waals surface area contributed by atoms with Crippen LogP contribution < -0.4 is 0 Å². The number of carbonyl (C=O) groups excluding carboxylic acids is 2. The van der Waals surface area contributed by atoms with Crippen molar-refractivity contribution in [2.75, 3.05) is 0 Å². The number of fused-ring (bicyclic) bond motifs is 1. The molecule has 130 valence electrons. The van der Waals surface area contributed by atoms with E-state index in [4.69, 9.17) is 4.98 Å². The van der Waals surface area contributed by atoms with Crippen molar-refractivity contribution in [3.63, 3.8) is 0 Å². The zero-order valence-corrected chi connectivity index (χ0v) is 16.8. The highest BCUT2D eigenvalue weighted by Gasteiger charge is 2.49. The average molecular weight is 382 g/mol. The molecule has 0 saturated carbocycles. The third kappa shape index (κ3) is 3.55. The first-order valence-electron chi connectivity index (χ1n) is 8.20. The Bertz CT molecular complexity index is 756. The fraction of sp³-hybridized carbons (Fsp3) is 0.500. The van der Waals surface area contributed by atoms with Gasteiger partial charge in [0.05, 0.1) is 10.2 Å². The van der Waals surface area contributed by atoms with Crippen LogP contribution in [0.25, 0.3) is 10.2 Å². The first-order valence-corrected chi connectivity index (χ1v) is 9.91. The molecule has 2 unspecified atom stereocenters. The Labute approximate surface area is 158 Å². The fourth-order valence-corrected chi connectivity index (χ4v) is 5.28. The van der Waals surface area contributed by atoms with Gasteiger partial charge in [-0.15, -0.1) is 36.6 Å². The van der Waals surface area contributed by atoms with E-state index in [1.165, 1.54) is 11.3 Å². The smallest absolute Gasteiger partial charge is 0.199 e. The second-order valence-corrected chi connectivity index (χ2v) is 8.07. The van der Waals surface area contributed by atoms with Crippen LogP contribution in [0.2, 0.25) is 0 Å². The second kappa shape index (κ2) is 8.02. The lowest BCUT2D eigenvalue weighted by atomic mass is 9.72. The number of carbonyl (C=O) groups is 2. The Hall–Kier alpha value is -0.850. The lowest BCUT2D eigenvalue weighted by Crippen LogP contribution is -2.43. The van der Waals surface area contributed by atoms with E-state index in [-0.39, 0.29) is 10.2 Å². The van der Waals surface area contributed by atoms with Gasteiger partial charge in [0.2, 0.25) is 0 Å². The predicted molar refractivity (Wildman–Crippen MR) is 107 cm³/mol. The first-order chi connectivity index (χ1) is 11.4. The summed E-state index contributed by atoms with van der Waals surface area (Å²) in [5.74, 6) is -0.502. The summed E-state index contributed by atoms with van der Waals surface area (Å²) in [5.41, 5.74) is 0.990. The van der Waals surface area contributed by atoms with Crippen molar-refractivity contribution < 1.29 is 9.59 Å². The molecule has 0 aliphatic heterocycles. The SMILES string of the molecule is CCCC(C(=O)S)C(CCC)(C(=O)S)c1nc2cc(C)ccc2s1. The number of hydrogen-bond acceptors (Lipinski definition) is 4. The van der Waals surface area contributed by atoms with E-state index in [1.54, 1.807) is 0 Å². The molecule has 0 spiro atoms. The van der Waals surface area contributed by atoms with E-state index in [2.05, 4.69) is 25.3 Å². The molecule has 0 saturated heterocycles. The number of thiol groups is 2. The quantitative estimate of drug-likeness (QED) is 0.635. The van der Waals surface area contributed by atoms with Crippen LogP contribution >= 0.6 is 36.6 Å². The standard InChI is InChI=1S/C18H23NO2S3/c1-4-6-12(15(20)22)18(9-5-2,17(21)23)16-19-13-10-11(3)7-8-14(13)24-16/h7-8,10,12H,4-6,9H2,1-3H3,(H,20,22)(H,21,23). The van der Waals surface area contributed by atoms with Crippen molar-refractivity contribution in [2.45, 2.75) is 51.9 Å². The molecular formula is C18H23NO2S3. The Morgan fingerprint density at radius 3 is 2.50 bits per heavy atom. The molecule has 6 heteroatoms. The van der Waals surface area contributed by atoms with E-state index < -0.39 is 11.3 Å². The van der Waals surface area contributed by atoms with Gasteiger partial charge < -0.3 is 0 Å². The zero-order chi connectivity index (χ0) is 17.9. The van der Waals surface area contributed by atoms with Crippen LogP contribution in [0.4, 0.5) is 0 Å². The maximum absolute atomic E-state index is 12.7. The molecule has 2 atom stereocenters. The Morgan fingerprint density at radius 1 is 1.25 bits per heavy atom. The van der Waals surface area contributed by atoms with Gasteiger partial charge in [-0.05, 0) is 37.5 Å². The van der Waals surface area contributed by atoms with Crippen LogP contribution in [0.3, 0.4) is 0 Å². The summed E-state index contributed by atoms with van der Waals surface area (Å²) < 4.78 is 1.02. The minimum Gasteiger partial charge on any atom is -0.287 e. The van der Waals surface area contributed by atoms with Gasteiger partial charge in [0.1, 0.15) is 10.4 Å². The molecule has 1 aromatic heterocycles. The minimum absolute atomic E-state index is 0.261. The Morgan fingerprint density at radius 2 is 1.96 bits per heavy atom. The third-order valence-corrected chi connectivity index (χ3v) is 6.35. The molecule has 0 aliphatic rings. The molecule has 2 aromatic rings. The number of nitrogens with zero attached hydrogens (tertiary/aromatic N) is 1. The van der Waals surface area contributed by atoms with Gasteiger partial charge in [-0.1, -0.05) is 32.8 Å². The normalized spacial score (nSPS) is 15.2. The van der Waals surface area contributed by atoms with E-state index in [9.17, 15) is 9.59 Å². The molecule has 3 nitrogen and oxygen atoms in total. The molecular weight excluding hydrogens is 358 g/mol. The number of aromatic nitrogens is 1. The van der Waals surface area contributed by atoms with Crippen LogP contribution in [0, 0.1) is 12.8 Å². The molecule has 0 N–H and O–H groups in total. The fourth-order valence-electron chi connectivity index (χ4n) is 3.27. The summed E-state index contributed by atoms with van der Waals surface area (Å²) in [6.07, 6.45) is 2.71.